The lowest BCUT2D eigenvalue weighted by atomic mass is 10.2. The first-order valence-electron chi connectivity index (χ1n) is 5.78. The Kier molecular flexibility index (Phi) is 4.67. The van der Waals surface area contributed by atoms with E-state index in [1.54, 1.807) is 24.3 Å². The first-order valence-corrected chi connectivity index (χ1v) is 6.53. The second-order valence-corrected chi connectivity index (χ2v) is 4.92. The summed E-state index contributed by atoms with van der Waals surface area (Å²) in [7, 11) is 0. The van der Waals surface area contributed by atoms with Crippen LogP contribution in [0.15, 0.2) is 41.5 Å². The summed E-state index contributed by atoms with van der Waals surface area (Å²) in [5, 5.41) is 23.0. The molecular formula is C14H10Cl2N2O3. The largest absolute Gasteiger partial charge is 0.504 e. The third-order valence-electron chi connectivity index (χ3n) is 2.55. The number of nitrogens with zero attached hydrogens (tertiary/aromatic N) is 1. The molecule has 0 bridgehead atoms. The van der Waals surface area contributed by atoms with Crippen LogP contribution < -0.4 is 5.43 Å². The molecule has 1 amide bonds. The molecule has 0 aliphatic heterocycles. The summed E-state index contributed by atoms with van der Waals surface area (Å²) < 4.78 is 0. The molecule has 0 saturated heterocycles. The van der Waals surface area contributed by atoms with Gasteiger partial charge in [0.25, 0.3) is 5.91 Å². The van der Waals surface area contributed by atoms with E-state index in [4.69, 9.17) is 23.2 Å². The van der Waals surface area contributed by atoms with E-state index in [0.29, 0.717) is 16.1 Å². The number of hydrogen-bond acceptors (Lipinski definition) is 4. The van der Waals surface area contributed by atoms with Gasteiger partial charge in [0.2, 0.25) is 0 Å². The number of nitrogens with one attached hydrogen (secondary N) is 1. The van der Waals surface area contributed by atoms with Crippen LogP contribution in [-0.4, -0.2) is 22.3 Å². The number of hydrogen-bond donors (Lipinski definition) is 3. The van der Waals surface area contributed by atoms with Crippen molar-refractivity contribution in [2.75, 3.05) is 0 Å². The van der Waals surface area contributed by atoms with E-state index in [-0.39, 0.29) is 10.8 Å². The molecule has 0 aromatic heterocycles. The Labute approximate surface area is 130 Å². The van der Waals surface area contributed by atoms with E-state index in [1.807, 2.05) is 0 Å². The summed E-state index contributed by atoms with van der Waals surface area (Å²) in [6.07, 6.45) is 1.29. The quantitative estimate of drug-likeness (QED) is 0.460. The SMILES string of the molecule is O=C(N/N=C/c1cc(O)c(O)c(Cl)c1)c1ccc(Cl)cc1. The molecule has 0 atom stereocenters. The fourth-order valence-corrected chi connectivity index (χ4v) is 1.86. The van der Waals surface area contributed by atoms with Gasteiger partial charge in [-0.05, 0) is 42.0 Å². The maximum absolute atomic E-state index is 11.8. The number of hydrazone groups is 1. The molecule has 0 aliphatic rings. The Hall–Kier alpha value is -2.24. The van der Waals surface area contributed by atoms with Crippen LogP contribution in [0.5, 0.6) is 11.5 Å². The lowest BCUT2D eigenvalue weighted by molar-refractivity contribution is 0.0955. The van der Waals surface area contributed by atoms with Gasteiger partial charge >= 0.3 is 0 Å². The highest BCUT2D eigenvalue weighted by atomic mass is 35.5. The molecular weight excluding hydrogens is 315 g/mol. The van der Waals surface area contributed by atoms with E-state index in [1.165, 1.54) is 18.3 Å². The molecule has 0 fully saturated rings. The number of phenolic OH excluding ortho intramolecular Hbond substituents is 2. The monoisotopic (exact) mass is 324 g/mol. The number of carbonyl (C=O) groups is 1. The molecule has 0 spiro atoms. The first kappa shape index (κ1) is 15.2. The van der Waals surface area contributed by atoms with Crippen LogP contribution in [0.4, 0.5) is 0 Å². The first-order chi connectivity index (χ1) is 9.97. The van der Waals surface area contributed by atoms with E-state index in [0.717, 1.165) is 0 Å². The van der Waals surface area contributed by atoms with Crippen LogP contribution in [0.2, 0.25) is 10.0 Å². The summed E-state index contributed by atoms with van der Waals surface area (Å²) in [6.45, 7) is 0. The third-order valence-corrected chi connectivity index (χ3v) is 3.09. The minimum atomic E-state index is -0.406. The predicted octanol–water partition coefficient (Wildman–Crippen LogP) is 3.17. The minimum absolute atomic E-state index is 0.0134. The summed E-state index contributed by atoms with van der Waals surface area (Å²) in [5.41, 5.74) is 3.15. The average Bonchev–Trinajstić information content (AvgIpc) is 2.45. The summed E-state index contributed by atoms with van der Waals surface area (Å²) in [6, 6.07) is 8.98. The fraction of sp³-hybridized carbons (Fsp3) is 0. The number of carbonyl (C=O) groups excluding carboxylic acids is 1. The molecule has 7 heteroatoms. The molecule has 0 heterocycles. The van der Waals surface area contributed by atoms with Crippen molar-refractivity contribution in [2.24, 2.45) is 5.10 Å². The number of phenols is 2. The van der Waals surface area contributed by atoms with Gasteiger partial charge in [0.1, 0.15) is 0 Å². The van der Waals surface area contributed by atoms with Crippen molar-refractivity contribution in [3.8, 4) is 11.5 Å². The molecule has 2 aromatic carbocycles. The zero-order valence-corrected chi connectivity index (χ0v) is 12.1. The molecule has 2 aromatic rings. The number of amides is 1. The molecule has 21 heavy (non-hydrogen) atoms. The highest BCUT2D eigenvalue weighted by Gasteiger charge is 2.06. The van der Waals surface area contributed by atoms with Gasteiger partial charge in [0, 0.05) is 10.6 Å². The number of rotatable bonds is 3. The van der Waals surface area contributed by atoms with Gasteiger partial charge in [-0.2, -0.15) is 5.10 Å². The Bertz CT molecular complexity index is 677. The lowest BCUT2D eigenvalue weighted by Gasteiger charge is -2.02. The van der Waals surface area contributed by atoms with Crippen LogP contribution in [0.3, 0.4) is 0 Å². The highest BCUT2D eigenvalue weighted by molar-refractivity contribution is 6.32. The topological polar surface area (TPSA) is 81.9 Å². The number of benzene rings is 2. The third kappa shape index (κ3) is 3.87. The maximum Gasteiger partial charge on any atom is 0.271 e. The summed E-state index contributed by atoms with van der Waals surface area (Å²) in [5.74, 6) is -1.18. The highest BCUT2D eigenvalue weighted by Crippen LogP contribution is 2.33. The zero-order valence-electron chi connectivity index (χ0n) is 10.5. The van der Waals surface area contributed by atoms with Gasteiger partial charge in [0.05, 0.1) is 11.2 Å². The normalized spacial score (nSPS) is 10.8. The second kappa shape index (κ2) is 6.47. The van der Waals surface area contributed by atoms with Gasteiger partial charge in [-0.1, -0.05) is 23.2 Å². The number of halogens is 2. The van der Waals surface area contributed by atoms with E-state index >= 15 is 0 Å². The Balaban J connectivity index is 2.05. The van der Waals surface area contributed by atoms with E-state index in [2.05, 4.69) is 10.5 Å². The molecule has 5 nitrogen and oxygen atoms in total. The van der Waals surface area contributed by atoms with Gasteiger partial charge < -0.3 is 10.2 Å². The Morgan fingerprint density at radius 1 is 1.14 bits per heavy atom. The molecule has 108 valence electrons. The van der Waals surface area contributed by atoms with Crippen molar-refractivity contribution in [1.82, 2.24) is 5.43 Å². The molecule has 2 rings (SSSR count). The molecule has 3 N–H and O–H groups in total. The molecule has 0 unspecified atom stereocenters. The van der Waals surface area contributed by atoms with Gasteiger partial charge in [-0.25, -0.2) is 5.43 Å². The van der Waals surface area contributed by atoms with Crippen molar-refractivity contribution in [2.45, 2.75) is 0 Å². The average molecular weight is 325 g/mol. The molecule has 0 saturated carbocycles. The van der Waals surface area contributed by atoms with E-state index < -0.39 is 11.7 Å². The second-order valence-electron chi connectivity index (χ2n) is 4.08. The molecule has 0 aliphatic carbocycles. The van der Waals surface area contributed by atoms with Gasteiger partial charge in [-0.3, -0.25) is 4.79 Å². The smallest absolute Gasteiger partial charge is 0.271 e. The van der Waals surface area contributed by atoms with Crippen molar-refractivity contribution in [3.63, 3.8) is 0 Å². The lowest BCUT2D eigenvalue weighted by Crippen LogP contribution is -2.17. The van der Waals surface area contributed by atoms with Crippen LogP contribution in [0.1, 0.15) is 15.9 Å². The van der Waals surface area contributed by atoms with Crippen LogP contribution >= 0.6 is 23.2 Å². The maximum atomic E-state index is 11.8. The summed E-state index contributed by atoms with van der Waals surface area (Å²) >= 11 is 11.4. The number of aromatic hydroxyl groups is 2. The van der Waals surface area contributed by atoms with Crippen molar-refractivity contribution < 1.29 is 15.0 Å². The predicted molar refractivity (Wildman–Crippen MR) is 81.3 cm³/mol. The zero-order chi connectivity index (χ0) is 15.4. The van der Waals surface area contributed by atoms with Crippen LogP contribution in [0, 0.1) is 0 Å². The summed E-state index contributed by atoms with van der Waals surface area (Å²) in [4.78, 5) is 11.8. The fourth-order valence-electron chi connectivity index (χ4n) is 1.51. The standard InChI is InChI=1S/C14H10Cl2N2O3/c15-10-3-1-9(2-4-10)14(21)18-17-7-8-5-11(16)13(20)12(19)6-8/h1-7,19-20H,(H,18,21)/b17-7+. The Morgan fingerprint density at radius 3 is 2.43 bits per heavy atom. The van der Waals surface area contributed by atoms with Gasteiger partial charge in [-0.15, -0.1) is 0 Å². The van der Waals surface area contributed by atoms with Crippen LogP contribution in [0.25, 0.3) is 0 Å². The Morgan fingerprint density at radius 2 is 1.81 bits per heavy atom. The van der Waals surface area contributed by atoms with Crippen LogP contribution in [-0.2, 0) is 0 Å². The van der Waals surface area contributed by atoms with E-state index in [9.17, 15) is 15.0 Å². The van der Waals surface area contributed by atoms with Crippen molar-refractivity contribution in [3.05, 3.63) is 57.6 Å². The minimum Gasteiger partial charge on any atom is -0.504 e. The van der Waals surface area contributed by atoms with Gasteiger partial charge in [0.15, 0.2) is 11.5 Å². The van der Waals surface area contributed by atoms with Crippen molar-refractivity contribution >= 4 is 35.3 Å². The molecule has 0 radical (unpaired) electrons. The van der Waals surface area contributed by atoms with Crippen molar-refractivity contribution in [1.29, 1.82) is 0 Å².